The fourth-order valence-electron chi connectivity index (χ4n) is 2.87. The molecule has 3 N–H and O–H groups in total. The Bertz CT molecular complexity index is 822. The van der Waals surface area contributed by atoms with Gasteiger partial charge in [0, 0.05) is 6.54 Å². The highest BCUT2D eigenvalue weighted by molar-refractivity contribution is 5.75. The van der Waals surface area contributed by atoms with E-state index in [0.717, 1.165) is 16.7 Å². The maximum Gasteiger partial charge on any atom is 0.315 e. The average molecular weight is 386 g/mol. The number of carbonyl (C=O) groups excluding carboxylic acids is 1. The number of rotatable bonds is 9. The van der Waals surface area contributed by atoms with Crippen LogP contribution in [0.25, 0.3) is 0 Å². The Kier molecular flexibility index (Phi) is 7.68. The number of carboxylic acid groups (broad SMARTS) is 1. The maximum absolute atomic E-state index is 12.3. The molecule has 0 radical (unpaired) electrons. The van der Waals surface area contributed by atoms with Crippen molar-refractivity contribution in [3.8, 4) is 11.5 Å². The van der Waals surface area contributed by atoms with E-state index in [4.69, 9.17) is 14.6 Å². The molecule has 0 bridgehead atoms. The highest BCUT2D eigenvalue weighted by Gasteiger charge is 2.18. The number of amides is 2. The standard InChI is InChI=1S/C21H26N2O5/c1-14-6-4-5-7-15(14)12-17(23-21(26)22-11-10-20(24)25)16-8-9-18(27-2)19(13-16)28-3/h4-9,13,17H,10-12H2,1-3H3,(H,24,25)(H2,22,23,26). The van der Waals surface area contributed by atoms with Crippen LogP contribution >= 0.6 is 0 Å². The first kappa shape index (κ1) is 21.1. The third-order valence-electron chi connectivity index (χ3n) is 4.43. The van der Waals surface area contributed by atoms with Crippen LogP contribution in [-0.2, 0) is 11.2 Å². The first-order valence-corrected chi connectivity index (χ1v) is 8.97. The summed E-state index contributed by atoms with van der Waals surface area (Å²) >= 11 is 0. The lowest BCUT2D eigenvalue weighted by Gasteiger charge is -2.22. The van der Waals surface area contributed by atoms with Crippen LogP contribution < -0.4 is 20.1 Å². The fourth-order valence-corrected chi connectivity index (χ4v) is 2.87. The van der Waals surface area contributed by atoms with Crippen molar-refractivity contribution in [2.45, 2.75) is 25.8 Å². The Morgan fingerprint density at radius 3 is 2.43 bits per heavy atom. The van der Waals surface area contributed by atoms with Gasteiger partial charge in [0.15, 0.2) is 11.5 Å². The van der Waals surface area contributed by atoms with Crippen molar-refractivity contribution in [2.75, 3.05) is 20.8 Å². The first-order valence-electron chi connectivity index (χ1n) is 8.97. The van der Waals surface area contributed by atoms with Gasteiger partial charge in [-0.1, -0.05) is 30.3 Å². The molecule has 0 aromatic heterocycles. The van der Waals surface area contributed by atoms with Gasteiger partial charge in [-0.3, -0.25) is 4.79 Å². The lowest BCUT2D eigenvalue weighted by molar-refractivity contribution is -0.136. The lowest BCUT2D eigenvalue weighted by atomic mass is 9.96. The molecule has 0 aliphatic carbocycles. The minimum absolute atomic E-state index is 0.0597. The molecule has 0 fully saturated rings. The van der Waals surface area contributed by atoms with Gasteiger partial charge in [-0.15, -0.1) is 0 Å². The highest BCUT2D eigenvalue weighted by Crippen LogP contribution is 2.31. The van der Waals surface area contributed by atoms with Crippen LogP contribution in [0.5, 0.6) is 11.5 Å². The Hall–Kier alpha value is -3.22. The van der Waals surface area contributed by atoms with Crippen LogP contribution in [-0.4, -0.2) is 37.9 Å². The molecule has 7 heteroatoms. The van der Waals surface area contributed by atoms with Gasteiger partial charge in [-0.2, -0.15) is 0 Å². The van der Waals surface area contributed by atoms with Crippen LogP contribution in [0.3, 0.4) is 0 Å². The molecule has 0 saturated carbocycles. The zero-order valence-electron chi connectivity index (χ0n) is 16.3. The van der Waals surface area contributed by atoms with Gasteiger partial charge in [-0.25, -0.2) is 4.79 Å². The van der Waals surface area contributed by atoms with Crippen molar-refractivity contribution in [3.63, 3.8) is 0 Å². The minimum atomic E-state index is -0.961. The second-order valence-electron chi connectivity index (χ2n) is 6.34. The van der Waals surface area contributed by atoms with E-state index in [0.29, 0.717) is 17.9 Å². The van der Waals surface area contributed by atoms with E-state index in [2.05, 4.69) is 10.6 Å². The number of ether oxygens (including phenoxy) is 2. The van der Waals surface area contributed by atoms with Gasteiger partial charge >= 0.3 is 12.0 Å². The predicted octanol–water partition coefficient (Wildman–Crippen LogP) is 3.07. The number of aliphatic carboxylic acids is 1. The second-order valence-corrected chi connectivity index (χ2v) is 6.34. The molecule has 0 saturated heterocycles. The van der Waals surface area contributed by atoms with Gasteiger partial charge in [0.1, 0.15) is 0 Å². The maximum atomic E-state index is 12.3. The van der Waals surface area contributed by atoms with Crippen molar-refractivity contribution in [2.24, 2.45) is 0 Å². The molecule has 150 valence electrons. The SMILES string of the molecule is COc1ccc(C(Cc2ccccc2C)NC(=O)NCCC(=O)O)cc1OC. The summed E-state index contributed by atoms with van der Waals surface area (Å²) in [6, 6.07) is 12.7. The van der Waals surface area contributed by atoms with E-state index < -0.39 is 12.0 Å². The minimum Gasteiger partial charge on any atom is -0.493 e. The molecule has 1 atom stereocenters. The fraction of sp³-hybridized carbons (Fsp3) is 0.333. The van der Waals surface area contributed by atoms with Crippen molar-refractivity contribution >= 4 is 12.0 Å². The third-order valence-corrected chi connectivity index (χ3v) is 4.43. The summed E-state index contributed by atoms with van der Waals surface area (Å²) in [4.78, 5) is 22.9. The number of methoxy groups -OCH3 is 2. The zero-order valence-corrected chi connectivity index (χ0v) is 16.3. The van der Waals surface area contributed by atoms with E-state index in [1.807, 2.05) is 43.3 Å². The van der Waals surface area contributed by atoms with Crippen molar-refractivity contribution < 1.29 is 24.2 Å². The Labute approximate surface area is 164 Å². The summed E-state index contributed by atoms with van der Waals surface area (Å²) in [5, 5.41) is 14.2. The predicted molar refractivity (Wildman–Crippen MR) is 106 cm³/mol. The average Bonchev–Trinajstić information content (AvgIpc) is 2.68. The summed E-state index contributed by atoms with van der Waals surface area (Å²) in [5.41, 5.74) is 3.09. The molecule has 0 spiro atoms. The molecule has 2 aromatic rings. The van der Waals surface area contributed by atoms with Gasteiger partial charge in [-0.05, 0) is 42.2 Å². The van der Waals surface area contributed by atoms with Crippen LogP contribution in [0.2, 0.25) is 0 Å². The number of benzene rings is 2. The summed E-state index contributed by atoms with van der Waals surface area (Å²) in [6.45, 7) is 2.08. The number of hydrogen-bond acceptors (Lipinski definition) is 4. The van der Waals surface area contributed by atoms with Crippen molar-refractivity contribution in [1.82, 2.24) is 10.6 Å². The molecule has 7 nitrogen and oxygen atoms in total. The Morgan fingerprint density at radius 2 is 1.79 bits per heavy atom. The van der Waals surface area contributed by atoms with E-state index in [-0.39, 0.29) is 19.0 Å². The van der Waals surface area contributed by atoms with Crippen molar-refractivity contribution in [1.29, 1.82) is 0 Å². The van der Waals surface area contributed by atoms with Crippen LogP contribution in [0, 0.1) is 6.92 Å². The number of carboxylic acids is 1. The van der Waals surface area contributed by atoms with Crippen LogP contribution in [0.4, 0.5) is 4.79 Å². The molecule has 0 heterocycles. The lowest BCUT2D eigenvalue weighted by Crippen LogP contribution is -2.39. The Balaban J connectivity index is 2.24. The molecule has 1 unspecified atom stereocenters. The van der Waals surface area contributed by atoms with Gasteiger partial charge in [0.05, 0.1) is 26.7 Å². The van der Waals surface area contributed by atoms with E-state index in [9.17, 15) is 9.59 Å². The number of urea groups is 1. The van der Waals surface area contributed by atoms with E-state index in [1.54, 1.807) is 20.3 Å². The molecule has 2 aromatic carbocycles. The van der Waals surface area contributed by atoms with Crippen LogP contribution in [0.1, 0.15) is 29.2 Å². The van der Waals surface area contributed by atoms with Gasteiger partial charge in [0.25, 0.3) is 0 Å². The molecule has 2 amide bonds. The highest BCUT2D eigenvalue weighted by atomic mass is 16.5. The topological polar surface area (TPSA) is 96.9 Å². The molecule has 0 aliphatic rings. The van der Waals surface area contributed by atoms with E-state index in [1.165, 1.54) is 0 Å². The number of carbonyl (C=O) groups is 2. The monoisotopic (exact) mass is 386 g/mol. The second kappa shape index (κ2) is 10.2. The number of hydrogen-bond donors (Lipinski definition) is 3. The Morgan fingerprint density at radius 1 is 1.07 bits per heavy atom. The summed E-state index contributed by atoms with van der Waals surface area (Å²) < 4.78 is 10.7. The van der Waals surface area contributed by atoms with Crippen LogP contribution in [0.15, 0.2) is 42.5 Å². The number of nitrogens with one attached hydrogen (secondary N) is 2. The summed E-state index contributed by atoms with van der Waals surface area (Å²) in [5.74, 6) is 0.214. The summed E-state index contributed by atoms with van der Waals surface area (Å²) in [6.07, 6.45) is 0.445. The molecule has 28 heavy (non-hydrogen) atoms. The zero-order chi connectivity index (χ0) is 20.5. The first-order chi connectivity index (χ1) is 13.4. The summed E-state index contributed by atoms with van der Waals surface area (Å²) in [7, 11) is 3.13. The molecule has 2 rings (SSSR count). The van der Waals surface area contributed by atoms with Gasteiger partial charge < -0.3 is 25.2 Å². The smallest absolute Gasteiger partial charge is 0.315 e. The molecule has 0 aliphatic heterocycles. The number of aryl methyl sites for hydroxylation is 1. The normalized spacial score (nSPS) is 11.4. The molecular formula is C21H26N2O5. The quantitative estimate of drug-likeness (QED) is 0.615. The van der Waals surface area contributed by atoms with Gasteiger partial charge in [0.2, 0.25) is 0 Å². The molecular weight excluding hydrogens is 360 g/mol. The van der Waals surface area contributed by atoms with E-state index >= 15 is 0 Å². The third kappa shape index (κ3) is 5.90. The van der Waals surface area contributed by atoms with Crippen molar-refractivity contribution in [3.05, 3.63) is 59.2 Å². The largest absolute Gasteiger partial charge is 0.493 e.